The first-order chi connectivity index (χ1) is 6.31. The van der Waals surface area contributed by atoms with Gasteiger partial charge in [0.1, 0.15) is 0 Å². The number of ketones is 1. The molecule has 0 aliphatic heterocycles. The Morgan fingerprint density at radius 2 is 2.07 bits per heavy atom. The van der Waals surface area contributed by atoms with Crippen LogP contribution in [0.3, 0.4) is 0 Å². The van der Waals surface area contributed by atoms with Crippen molar-refractivity contribution >= 4 is 5.78 Å². The minimum absolute atomic E-state index is 0.0916. The lowest BCUT2D eigenvalue weighted by molar-refractivity contribution is -0.114. The van der Waals surface area contributed by atoms with Crippen LogP contribution in [-0.2, 0) is 9.53 Å². The van der Waals surface area contributed by atoms with Crippen LogP contribution in [-0.4, -0.2) is 17.5 Å². The van der Waals surface area contributed by atoms with Crippen molar-refractivity contribution in [2.24, 2.45) is 5.92 Å². The quantitative estimate of drug-likeness (QED) is 0.635. The first-order valence-corrected chi connectivity index (χ1v) is 5.21. The molecule has 2 atom stereocenters. The molecule has 1 fully saturated rings. The molecule has 0 radical (unpaired) electrons. The lowest BCUT2D eigenvalue weighted by Gasteiger charge is -2.29. The number of rotatable bonds is 2. The van der Waals surface area contributed by atoms with Crippen LogP contribution in [0.4, 0.5) is 0 Å². The summed E-state index contributed by atoms with van der Waals surface area (Å²) < 4.78 is 5.83. The van der Waals surface area contributed by atoms with E-state index in [0.29, 0.717) is 6.42 Å². The number of Topliss-reactive ketones (excluding diaryl/α,β-unsaturated/α-hetero) is 1. The van der Waals surface area contributed by atoms with Crippen molar-refractivity contribution in [3.05, 3.63) is 12.2 Å². The van der Waals surface area contributed by atoms with Crippen LogP contribution in [0.2, 0.25) is 0 Å². The van der Waals surface area contributed by atoms with E-state index < -0.39 is 0 Å². The molecule has 0 aromatic heterocycles. The van der Waals surface area contributed by atoms with E-state index in [2.05, 4.69) is 6.58 Å². The minimum Gasteiger partial charge on any atom is -0.372 e. The van der Waals surface area contributed by atoms with E-state index in [9.17, 15) is 4.79 Å². The summed E-state index contributed by atoms with van der Waals surface area (Å²) in [6.07, 6.45) is 1.63. The standard InChI is InChI=1S/C12H20O2/c1-8-10(6-7-11(8)13)9(2)14-12(3,4)5/h9-10H,1,6-7H2,2-5H3/t9-,10?/m0/s1. The van der Waals surface area contributed by atoms with Gasteiger partial charge in [-0.1, -0.05) is 6.58 Å². The largest absolute Gasteiger partial charge is 0.372 e. The van der Waals surface area contributed by atoms with Gasteiger partial charge in [0.2, 0.25) is 0 Å². The fraction of sp³-hybridized carbons (Fsp3) is 0.750. The van der Waals surface area contributed by atoms with Crippen LogP contribution < -0.4 is 0 Å². The Morgan fingerprint density at radius 1 is 1.50 bits per heavy atom. The Morgan fingerprint density at radius 3 is 2.43 bits per heavy atom. The molecule has 14 heavy (non-hydrogen) atoms. The number of hydrogen-bond acceptors (Lipinski definition) is 2. The monoisotopic (exact) mass is 196 g/mol. The molecule has 80 valence electrons. The third-order valence-corrected chi connectivity index (χ3v) is 2.59. The molecule has 0 heterocycles. The normalized spacial score (nSPS) is 25.6. The highest BCUT2D eigenvalue weighted by molar-refractivity contribution is 5.97. The molecule has 1 saturated carbocycles. The van der Waals surface area contributed by atoms with Crippen LogP contribution in [0.25, 0.3) is 0 Å². The first kappa shape index (κ1) is 11.4. The molecular formula is C12H20O2. The van der Waals surface area contributed by atoms with E-state index in [1.54, 1.807) is 0 Å². The number of ether oxygens (including phenoxy) is 1. The Labute approximate surface area is 86.3 Å². The summed E-state index contributed by atoms with van der Waals surface area (Å²) in [7, 11) is 0. The zero-order valence-corrected chi connectivity index (χ0v) is 9.59. The second-order valence-electron chi connectivity index (χ2n) is 5.03. The van der Waals surface area contributed by atoms with Crippen molar-refractivity contribution in [2.45, 2.75) is 52.2 Å². The fourth-order valence-corrected chi connectivity index (χ4v) is 1.99. The smallest absolute Gasteiger partial charge is 0.158 e. The second-order valence-corrected chi connectivity index (χ2v) is 5.03. The summed E-state index contributed by atoms with van der Waals surface area (Å²) in [6, 6.07) is 0. The molecule has 0 amide bonds. The van der Waals surface area contributed by atoms with Crippen LogP contribution in [0, 0.1) is 5.92 Å². The van der Waals surface area contributed by atoms with Gasteiger partial charge in [-0.2, -0.15) is 0 Å². The lowest BCUT2D eigenvalue weighted by atomic mass is 9.97. The third-order valence-electron chi connectivity index (χ3n) is 2.59. The van der Waals surface area contributed by atoms with Gasteiger partial charge in [0.15, 0.2) is 5.78 Å². The predicted molar refractivity (Wildman–Crippen MR) is 57.2 cm³/mol. The summed E-state index contributed by atoms with van der Waals surface area (Å²) in [4.78, 5) is 11.3. The fourth-order valence-electron chi connectivity index (χ4n) is 1.99. The highest BCUT2D eigenvalue weighted by Crippen LogP contribution is 2.32. The van der Waals surface area contributed by atoms with Crippen LogP contribution in [0.5, 0.6) is 0 Å². The molecule has 1 rings (SSSR count). The second kappa shape index (κ2) is 3.85. The molecule has 0 N–H and O–H groups in total. The van der Waals surface area contributed by atoms with Crippen molar-refractivity contribution in [1.82, 2.24) is 0 Å². The van der Waals surface area contributed by atoms with Gasteiger partial charge >= 0.3 is 0 Å². The maximum absolute atomic E-state index is 11.3. The van der Waals surface area contributed by atoms with Gasteiger partial charge in [-0.15, -0.1) is 0 Å². The highest BCUT2D eigenvalue weighted by atomic mass is 16.5. The molecule has 0 bridgehead atoms. The summed E-state index contributed by atoms with van der Waals surface area (Å²) in [5, 5.41) is 0. The maximum atomic E-state index is 11.3. The summed E-state index contributed by atoms with van der Waals surface area (Å²) in [5.74, 6) is 0.432. The van der Waals surface area contributed by atoms with E-state index in [0.717, 1.165) is 12.0 Å². The highest BCUT2D eigenvalue weighted by Gasteiger charge is 2.33. The van der Waals surface area contributed by atoms with Gasteiger partial charge in [0.25, 0.3) is 0 Å². The van der Waals surface area contributed by atoms with Crippen LogP contribution in [0.1, 0.15) is 40.5 Å². The Hall–Kier alpha value is -0.630. The van der Waals surface area contributed by atoms with Gasteiger partial charge < -0.3 is 4.74 Å². The molecule has 0 aromatic carbocycles. The predicted octanol–water partition coefficient (Wildman–Crippen LogP) is 2.73. The molecule has 0 saturated heterocycles. The molecule has 2 heteroatoms. The Kier molecular flexibility index (Phi) is 3.15. The molecule has 1 aliphatic rings. The average molecular weight is 196 g/mol. The summed E-state index contributed by atoms with van der Waals surface area (Å²) in [5.41, 5.74) is 0.604. The van der Waals surface area contributed by atoms with Gasteiger partial charge in [0.05, 0.1) is 11.7 Å². The molecule has 0 aromatic rings. The van der Waals surface area contributed by atoms with Gasteiger partial charge in [-0.25, -0.2) is 0 Å². The average Bonchev–Trinajstić information content (AvgIpc) is 2.29. The topological polar surface area (TPSA) is 26.3 Å². The van der Waals surface area contributed by atoms with E-state index >= 15 is 0 Å². The minimum atomic E-state index is -0.147. The number of hydrogen-bond donors (Lipinski definition) is 0. The van der Waals surface area contributed by atoms with E-state index in [1.165, 1.54) is 0 Å². The molecule has 2 nitrogen and oxygen atoms in total. The van der Waals surface area contributed by atoms with E-state index in [4.69, 9.17) is 4.74 Å². The van der Waals surface area contributed by atoms with E-state index in [1.807, 2.05) is 27.7 Å². The SMILES string of the molecule is C=C1C(=O)CCC1[C@H](C)OC(C)(C)C. The van der Waals surface area contributed by atoms with Gasteiger partial charge in [0, 0.05) is 12.3 Å². The van der Waals surface area contributed by atoms with Crippen LogP contribution in [0.15, 0.2) is 12.2 Å². The number of carbonyl (C=O) groups is 1. The van der Waals surface area contributed by atoms with Crippen molar-refractivity contribution in [3.63, 3.8) is 0 Å². The molecule has 1 aliphatic carbocycles. The van der Waals surface area contributed by atoms with Crippen molar-refractivity contribution in [1.29, 1.82) is 0 Å². The lowest BCUT2D eigenvalue weighted by Crippen LogP contribution is -2.30. The van der Waals surface area contributed by atoms with Crippen molar-refractivity contribution < 1.29 is 9.53 Å². The summed E-state index contributed by atoms with van der Waals surface area (Å²) in [6.45, 7) is 12.0. The maximum Gasteiger partial charge on any atom is 0.158 e. The van der Waals surface area contributed by atoms with Gasteiger partial charge in [-0.3, -0.25) is 4.79 Å². The Balaban J connectivity index is 2.58. The molecule has 1 unspecified atom stereocenters. The van der Waals surface area contributed by atoms with Crippen molar-refractivity contribution in [3.8, 4) is 0 Å². The van der Waals surface area contributed by atoms with E-state index in [-0.39, 0.29) is 23.4 Å². The van der Waals surface area contributed by atoms with Crippen LogP contribution >= 0.6 is 0 Å². The van der Waals surface area contributed by atoms with Gasteiger partial charge in [-0.05, 0) is 39.7 Å². The Bertz CT molecular complexity index is 248. The number of carbonyl (C=O) groups excluding carboxylic acids is 1. The zero-order chi connectivity index (χ0) is 10.9. The molecule has 0 spiro atoms. The first-order valence-electron chi connectivity index (χ1n) is 5.21. The summed E-state index contributed by atoms with van der Waals surface area (Å²) >= 11 is 0. The third kappa shape index (κ3) is 2.68. The van der Waals surface area contributed by atoms with Crippen molar-refractivity contribution in [2.75, 3.05) is 0 Å². The zero-order valence-electron chi connectivity index (χ0n) is 9.59. The molecular weight excluding hydrogens is 176 g/mol.